The van der Waals surface area contributed by atoms with E-state index in [9.17, 15) is 0 Å². The van der Waals surface area contributed by atoms with Gasteiger partial charge < -0.3 is 10.3 Å². The second-order valence-corrected chi connectivity index (χ2v) is 4.98. The van der Waals surface area contributed by atoms with Gasteiger partial charge in [0, 0.05) is 29.7 Å². The zero-order chi connectivity index (χ0) is 11.5. The highest BCUT2D eigenvalue weighted by atomic mass is 79.9. The van der Waals surface area contributed by atoms with E-state index in [1.165, 1.54) is 0 Å². The Labute approximate surface area is 103 Å². The summed E-state index contributed by atoms with van der Waals surface area (Å²) in [5.74, 6) is 0.980. The Morgan fingerprint density at radius 1 is 1.50 bits per heavy atom. The van der Waals surface area contributed by atoms with E-state index in [2.05, 4.69) is 50.0 Å². The smallest absolute Gasteiger partial charge is 0.177 e. The lowest BCUT2D eigenvalue weighted by Crippen LogP contribution is -2.25. The maximum atomic E-state index is 4.42. The van der Waals surface area contributed by atoms with Crippen LogP contribution >= 0.6 is 15.9 Å². The first-order chi connectivity index (χ1) is 7.65. The topological polar surface area (TPSA) is 53.6 Å². The predicted octanol–water partition coefficient (Wildman–Crippen LogP) is 2.26. The van der Waals surface area contributed by atoms with Gasteiger partial charge in [0.05, 0.1) is 5.52 Å². The molecule has 5 heteroatoms. The molecule has 0 saturated carbocycles. The molecule has 0 atom stereocenters. The predicted molar refractivity (Wildman–Crippen MR) is 68.4 cm³/mol. The number of rotatable bonds is 4. The molecule has 0 amide bonds. The second kappa shape index (κ2) is 4.93. The van der Waals surface area contributed by atoms with Crippen molar-refractivity contribution in [1.82, 2.24) is 20.3 Å². The van der Waals surface area contributed by atoms with E-state index in [-0.39, 0.29) is 0 Å². The van der Waals surface area contributed by atoms with E-state index in [1.807, 2.05) is 6.07 Å². The molecular weight excluding hydrogens is 268 g/mol. The van der Waals surface area contributed by atoms with Crippen LogP contribution in [-0.2, 0) is 6.42 Å². The molecule has 86 valence electrons. The van der Waals surface area contributed by atoms with Crippen molar-refractivity contribution in [3.05, 3.63) is 22.6 Å². The highest BCUT2D eigenvalue weighted by molar-refractivity contribution is 9.10. The third-order valence-electron chi connectivity index (χ3n) is 2.27. The van der Waals surface area contributed by atoms with Crippen LogP contribution in [0, 0.1) is 0 Å². The van der Waals surface area contributed by atoms with Crippen LogP contribution in [0.3, 0.4) is 0 Å². The summed E-state index contributed by atoms with van der Waals surface area (Å²) in [6.45, 7) is 5.20. The molecule has 0 unspecified atom stereocenters. The Kier molecular flexibility index (Phi) is 3.56. The summed E-state index contributed by atoms with van der Waals surface area (Å²) in [6, 6.07) is 2.51. The van der Waals surface area contributed by atoms with Gasteiger partial charge in [-0.1, -0.05) is 13.8 Å². The Hall–Kier alpha value is -0.940. The van der Waals surface area contributed by atoms with E-state index in [0.29, 0.717) is 6.04 Å². The number of H-pyrrole nitrogens is 1. The van der Waals surface area contributed by atoms with Crippen LogP contribution < -0.4 is 5.32 Å². The first kappa shape index (κ1) is 11.5. The normalized spacial score (nSPS) is 11.5. The summed E-state index contributed by atoms with van der Waals surface area (Å²) in [5.41, 5.74) is 1.76. The van der Waals surface area contributed by atoms with Crippen LogP contribution in [-0.4, -0.2) is 27.5 Å². The van der Waals surface area contributed by atoms with Crippen LogP contribution in [0.15, 0.2) is 16.7 Å². The maximum Gasteiger partial charge on any atom is 0.177 e. The zero-order valence-corrected chi connectivity index (χ0v) is 11.0. The van der Waals surface area contributed by atoms with Gasteiger partial charge in [0.25, 0.3) is 0 Å². The van der Waals surface area contributed by atoms with Crippen molar-refractivity contribution in [3.8, 4) is 0 Å². The fourth-order valence-electron chi connectivity index (χ4n) is 1.52. The lowest BCUT2D eigenvalue weighted by Gasteiger charge is -2.05. The minimum absolute atomic E-state index is 0.511. The lowest BCUT2D eigenvalue weighted by molar-refractivity contribution is 0.585. The number of fused-ring (bicyclic) bond motifs is 1. The standard InChI is InChI=1S/C11H15BrN4/c1-7(2)13-4-3-10-15-9-5-8(12)6-14-11(9)16-10/h5-7,13H,3-4H2,1-2H3,(H,14,15,16). The summed E-state index contributed by atoms with van der Waals surface area (Å²) >= 11 is 3.39. The molecule has 0 spiro atoms. The molecule has 2 aromatic heterocycles. The lowest BCUT2D eigenvalue weighted by atomic mass is 10.3. The van der Waals surface area contributed by atoms with Crippen molar-refractivity contribution in [2.75, 3.05) is 6.54 Å². The fourth-order valence-corrected chi connectivity index (χ4v) is 1.85. The van der Waals surface area contributed by atoms with Gasteiger partial charge in [-0.25, -0.2) is 9.97 Å². The number of aromatic nitrogens is 3. The quantitative estimate of drug-likeness (QED) is 0.905. The molecule has 4 nitrogen and oxygen atoms in total. The van der Waals surface area contributed by atoms with Gasteiger partial charge in [0.1, 0.15) is 5.82 Å². The maximum absolute atomic E-state index is 4.42. The average molecular weight is 283 g/mol. The number of nitrogens with one attached hydrogen (secondary N) is 2. The molecule has 0 aliphatic rings. The van der Waals surface area contributed by atoms with Crippen LogP contribution in [0.2, 0.25) is 0 Å². The summed E-state index contributed by atoms with van der Waals surface area (Å²) in [5, 5.41) is 3.36. The van der Waals surface area contributed by atoms with Crippen LogP contribution in [0.25, 0.3) is 11.2 Å². The van der Waals surface area contributed by atoms with Crippen molar-refractivity contribution in [2.45, 2.75) is 26.3 Å². The summed E-state index contributed by atoms with van der Waals surface area (Å²) in [6.07, 6.45) is 2.66. The largest absolute Gasteiger partial charge is 0.341 e. The molecule has 2 N–H and O–H groups in total. The molecule has 0 aliphatic carbocycles. The number of hydrogen-bond donors (Lipinski definition) is 2. The highest BCUT2D eigenvalue weighted by Crippen LogP contribution is 2.14. The summed E-state index contributed by atoms with van der Waals surface area (Å²) < 4.78 is 0.968. The summed E-state index contributed by atoms with van der Waals surface area (Å²) in [7, 11) is 0. The van der Waals surface area contributed by atoms with Gasteiger partial charge in [0.15, 0.2) is 5.65 Å². The number of aromatic amines is 1. The van der Waals surface area contributed by atoms with Gasteiger partial charge in [0.2, 0.25) is 0 Å². The Morgan fingerprint density at radius 3 is 3.06 bits per heavy atom. The van der Waals surface area contributed by atoms with Gasteiger partial charge >= 0.3 is 0 Å². The number of hydrogen-bond acceptors (Lipinski definition) is 3. The second-order valence-electron chi connectivity index (χ2n) is 4.07. The molecule has 0 bridgehead atoms. The molecule has 0 aromatic carbocycles. The van der Waals surface area contributed by atoms with E-state index in [4.69, 9.17) is 0 Å². The van der Waals surface area contributed by atoms with Crippen LogP contribution in [0.1, 0.15) is 19.7 Å². The molecular formula is C11H15BrN4. The molecule has 2 heterocycles. The molecule has 2 rings (SSSR count). The van der Waals surface area contributed by atoms with Crippen LogP contribution in [0.5, 0.6) is 0 Å². The fraction of sp³-hybridized carbons (Fsp3) is 0.455. The molecule has 0 radical (unpaired) electrons. The minimum atomic E-state index is 0.511. The number of imidazole rings is 1. The average Bonchev–Trinajstić information content (AvgIpc) is 2.58. The Morgan fingerprint density at radius 2 is 2.31 bits per heavy atom. The monoisotopic (exact) mass is 282 g/mol. The van der Waals surface area contributed by atoms with Crippen LogP contribution in [0.4, 0.5) is 0 Å². The molecule has 0 aliphatic heterocycles. The minimum Gasteiger partial charge on any atom is -0.341 e. The SMILES string of the molecule is CC(C)NCCc1nc2ncc(Br)cc2[nH]1. The zero-order valence-electron chi connectivity index (χ0n) is 9.42. The van der Waals surface area contributed by atoms with Crippen molar-refractivity contribution in [3.63, 3.8) is 0 Å². The van der Waals surface area contributed by atoms with Gasteiger partial charge in [-0.15, -0.1) is 0 Å². The number of nitrogens with zero attached hydrogens (tertiary/aromatic N) is 2. The third-order valence-corrected chi connectivity index (χ3v) is 2.70. The van der Waals surface area contributed by atoms with E-state index in [0.717, 1.165) is 34.4 Å². The van der Waals surface area contributed by atoms with Gasteiger partial charge in [-0.3, -0.25) is 0 Å². The van der Waals surface area contributed by atoms with Crippen molar-refractivity contribution < 1.29 is 0 Å². The highest BCUT2D eigenvalue weighted by Gasteiger charge is 2.04. The van der Waals surface area contributed by atoms with Crippen molar-refractivity contribution in [1.29, 1.82) is 0 Å². The Bertz CT molecular complexity index is 478. The number of halogens is 1. The Balaban J connectivity index is 2.08. The first-order valence-electron chi connectivity index (χ1n) is 5.38. The van der Waals surface area contributed by atoms with Crippen molar-refractivity contribution in [2.24, 2.45) is 0 Å². The van der Waals surface area contributed by atoms with E-state index < -0.39 is 0 Å². The van der Waals surface area contributed by atoms with Gasteiger partial charge in [-0.2, -0.15) is 0 Å². The molecule has 2 aromatic rings. The molecule has 16 heavy (non-hydrogen) atoms. The number of pyridine rings is 1. The van der Waals surface area contributed by atoms with E-state index >= 15 is 0 Å². The first-order valence-corrected chi connectivity index (χ1v) is 6.18. The molecule has 0 fully saturated rings. The van der Waals surface area contributed by atoms with E-state index in [1.54, 1.807) is 6.20 Å². The van der Waals surface area contributed by atoms with Gasteiger partial charge in [-0.05, 0) is 22.0 Å². The third kappa shape index (κ3) is 2.80. The summed E-state index contributed by atoms with van der Waals surface area (Å²) in [4.78, 5) is 11.9. The molecule has 0 saturated heterocycles. The van der Waals surface area contributed by atoms with Crippen molar-refractivity contribution >= 4 is 27.1 Å².